The van der Waals surface area contributed by atoms with Crippen LogP contribution in [0, 0.1) is 6.92 Å². The molecule has 0 saturated heterocycles. The summed E-state index contributed by atoms with van der Waals surface area (Å²) in [7, 11) is 0. The number of benzene rings is 2. The Morgan fingerprint density at radius 3 is 2.28 bits per heavy atom. The maximum Gasteiger partial charge on any atom is 0.0857 e. The lowest BCUT2D eigenvalue weighted by atomic mass is 10.2. The highest BCUT2D eigenvalue weighted by atomic mass is 15.1. The molecule has 0 saturated carbocycles. The van der Waals surface area contributed by atoms with Crippen LogP contribution in [0.15, 0.2) is 70.5 Å². The summed E-state index contributed by atoms with van der Waals surface area (Å²) in [4.78, 5) is 0. The smallest absolute Gasteiger partial charge is 0.0857 e. The van der Waals surface area contributed by atoms with Gasteiger partial charge in [0.15, 0.2) is 0 Å². The third-order valence-electron chi connectivity index (χ3n) is 2.53. The Hall–Kier alpha value is -2.22. The molecule has 0 atom stereocenters. The monoisotopic (exact) mass is 236 g/mol. The van der Waals surface area contributed by atoms with Crippen molar-refractivity contribution >= 4 is 11.8 Å². The Labute approximate surface area is 108 Å². The molecular formula is C16H16N2. The van der Waals surface area contributed by atoms with Gasteiger partial charge in [-0.1, -0.05) is 48.0 Å². The fourth-order valence-electron chi connectivity index (χ4n) is 1.57. The molecule has 2 rings (SSSR count). The molecule has 0 aliphatic carbocycles. The van der Waals surface area contributed by atoms with Gasteiger partial charge in [0.25, 0.3) is 0 Å². The zero-order chi connectivity index (χ0) is 12.8. The van der Waals surface area contributed by atoms with Gasteiger partial charge in [-0.05, 0) is 37.6 Å². The van der Waals surface area contributed by atoms with Crippen LogP contribution in [0.3, 0.4) is 0 Å². The van der Waals surface area contributed by atoms with Gasteiger partial charge in [-0.3, -0.25) is 0 Å². The molecule has 0 aromatic heterocycles. The largest absolute Gasteiger partial charge is 0.155 e. The number of aryl methyl sites for hydroxylation is 1. The summed E-state index contributed by atoms with van der Waals surface area (Å²) >= 11 is 0. The van der Waals surface area contributed by atoms with Crippen LogP contribution in [-0.2, 0) is 0 Å². The molecule has 0 N–H and O–H groups in total. The average Bonchev–Trinajstić information content (AvgIpc) is 2.39. The molecule has 0 aliphatic heterocycles. The minimum Gasteiger partial charge on any atom is -0.155 e. The van der Waals surface area contributed by atoms with Gasteiger partial charge in [-0.15, -0.1) is 0 Å². The summed E-state index contributed by atoms with van der Waals surface area (Å²) in [6.07, 6.45) is 2.01. The molecule has 2 aromatic rings. The molecule has 2 nitrogen and oxygen atoms in total. The third kappa shape index (κ3) is 3.67. The van der Waals surface area contributed by atoms with E-state index in [1.54, 1.807) is 0 Å². The Morgan fingerprint density at radius 1 is 0.944 bits per heavy atom. The average molecular weight is 236 g/mol. The maximum atomic E-state index is 4.21. The van der Waals surface area contributed by atoms with E-state index in [0.717, 1.165) is 16.9 Å². The Balaban J connectivity index is 2.09. The van der Waals surface area contributed by atoms with E-state index in [1.165, 1.54) is 5.56 Å². The number of nitrogens with zero attached hydrogens (tertiary/aromatic N) is 2. The van der Waals surface area contributed by atoms with Gasteiger partial charge in [0.2, 0.25) is 0 Å². The minimum atomic E-state index is 0.876. The lowest BCUT2D eigenvalue weighted by Crippen LogP contribution is -1.73. The minimum absolute atomic E-state index is 0.876. The molecule has 0 aliphatic rings. The van der Waals surface area contributed by atoms with Crippen LogP contribution in [0.4, 0.5) is 5.69 Å². The molecule has 0 heterocycles. The van der Waals surface area contributed by atoms with E-state index in [0.29, 0.717) is 0 Å². The van der Waals surface area contributed by atoms with E-state index in [2.05, 4.69) is 17.2 Å². The van der Waals surface area contributed by atoms with Gasteiger partial charge in [0.05, 0.1) is 11.4 Å². The zero-order valence-corrected chi connectivity index (χ0v) is 10.7. The highest BCUT2D eigenvalue weighted by Crippen LogP contribution is 2.15. The Morgan fingerprint density at radius 2 is 1.61 bits per heavy atom. The van der Waals surface area contributed by atoms with Gasteiger partial charge in [-0.25, -0.2) is 0 Å². The molecule has 2 aromatic carbocycles. The van der Waals surface area contributed by atoms with Gasteiger partial charge in [-0.2, -0.15) is 10.2 Å². The summed E-state index contributed by atoms with van der Waals surface area (Å²) in [5.41, 5.74) is 4.13. The van der Waals surface area contributed by atoms with Gasteiger partial charge < -0.3 is 0 Å². The fourth-order valence-corrected chi connectivity index (χ4v) is 1.57. The molecule has 0 radical (unpaired) electrons. The normalized spacial score (nSPS) is 12.0. The van der Waals surface area contributed by atoms with Crippen LogP contribution >= 0.6 is 0 Å². The SMILES string of the molecule is C/C(=C/c1ccccc1)N=Nc1ccc(C)cc1. The zero-order valence-electron chi connectivity index (χ0n) is 10.7. The quantitative estimate of drug-likeness (QED) is 0.659. The lowest BCUT2D eigenvalue weighted by Gasteiger charge is -1.95. The van der Waals surface area contributed by atoms with E-state index >= 15 is 0 Å². The molecular weight excluding hydrogens is 220 g/mol. The second-order valence-corrected chi connectivity index (χ2v) is 4.23. The fraction of sp³-hybridized carbons (Fsp3) is 0.125. The predicted octanol–water partition coefficient (Wildman–Crippen LogP) is 5.14. The molecule has 0 fully saturated rings. The molecule has 2 heteroatoms. The van der Waals surface area contributed by atoms with Crippen LogP contribution < -0.4 is 0 Å². The number of rotatable bonds is 3. The van der Waals surface area contributed by atoms with E-state index in [-0.39, 0.29) is 0 Å². The van der Waals surface area contributed by atoms with Crippen LogP contribution in [-0.4, -0.2) is 0 Å². The first kappa shape index (κ1) is 12.2. The van der Waals surface area contributed by atoms with Gasteiger partial charge >= 0.3 is 0 Å². The van der Waals surface area contributed by atoms with Crippen molar-refractivity contribution in [3.8, 4) is 0 Å². The second kappa shape index (κ2) is 5.92. The maximum absolute atomic E-state index is 4.21. The first-order valence-electron chi connectivity index (χ1n) is 5.96. The highest BCUT2D eigenvalue weighted by molar-refractivity contribution is 5.51. The van der Waals surface area contributed by atoms with Crippen molar-refractivity contribution in [2.24, 2.45) is 10.2 Å². The summed E-state index contributed by atoms with van der Waals surface area (Å²) in [6, 6.07) is 18.1. The summed E-state index contributed by atoms with van der Waals surface area (Å²) < 4.78 is 0. The van der Waals surface area contributed by atoms with Crippen molar-refractivity contribution < 1.29 is 0 Å². The third-order valence-corrected chi connectivity index (χ3v) is 2.53. The number of hydrogen-bond acceptors (Lipinski definition) is 2. The van der Waals surface area contributed by atoms with Crippen molar-refractivity contribution in [2.45, 2.75) is 13.8 Å². The van der Waals surface area contributed by atoms with E-state index < -0.39 is 0 Å². The molecule has 90 valence electrons. The number of allylic oxidation sites excluding steroid dienone is 1. The van der Waals surface area contributed by atoms with Crippen molar-refractivity contribution in [3.63, 3.8) is 0 Å². The number of hydrogen-bond donors (Lipinski definition) is 0. The standard InChI is InChI=1S/C16H16N2/c1-13-8-10-16(11-9-13)18-17-14(2)12-15-6-4-3-5-7-15/h3-12H,1-2H3/b14-12-,18-17?. The summed E-state index contributed by atoms with van der Waals surface area (Å²) in [6.45, 7) is 4.01. The van der Waals surface area contributed by atoms with Crippen LogP contribution in [0.5, 0.6) is 0 Å². The second-order valence-electron chi connectivity index (χ2n) is 4.23. The summed E-state index contributed by atoms with van der Waals surface area (Å²) in [5.74, 6) is 0. The molecule has 0 amide bonds. The molecule has 0 spiro atoms. The van der Waals surface area contributed by atoms with E-state index in [4.69, 9.17) is 0 Å². The van der Waals surface area contributed by atoms with Crippen molar-refractivity contribution in [1.29, 1.82) is 0 Å². The van der Waals surface area contributed by atoms with Crippen molar-refractivity contribution in [2.75, 3.05) is 0 Å². The van der Waals surface area contributed by atoms with E-state index in [1.807, 2.05) is 67.6 Å². The van der Waals surface area contributed by atoms with Gasteiger partial charge in [0.1, 0.15) is 0 Å². The molecule has 0 unspecified atom stereocenters. The van der Waals surface area contributed by atoms with E-state index in [9.17, 15) is 0 Å². The van der Waals surface area contributed by atoms with Crippen molar-refractivity contribution in [3.05, 3.63) is 71.4 Å². The molecule has 0 bridgehead atoms. The van der Waals surface area contributed by atoms with Crippen LogP contribution in [0.25, 0.3) is 6.08 Å². The lowest BCUT2D eigenvalue weighted by molar-refractivity contribution is 1.14. The highest BCUT2D eigenvalue weighted by Gasteiger charge is 1.90. The van der Waals surface area contributed by atoms with Crippen LogP contribution in [0.1, 0.15) is 18.1 Å². The van der Waals surface area contributed by atoms with Gasteiger partial charge in [0, 0.05) is 0 Å². The Kier molecular flexibility index (Phi) is 4.02. The molecule has 18 heavy (non-hydrogen) atoms. The van der Waals surface area contributed by atoms with Crippen molar-refractivity contribution in [1.82, 2.24) is 0 Å². The summed E-state index contributed by atoms with van der Waals surface area (Å²) in [5, 5.41) is 8.41. The first-order chi connectivity index (χ1) is 8.74. The number of azo groups is 1. The Bertz CT molecular complexity index is 551. The van der Waals surface area contributed by atoms with Crippen LogP contribution in [0.2, 0.25) is 0 Å². The topological polar surface area (TPSA) is 24.7 Å². The first-order valence-corrected chi connectivity index (χ1v) is 5.96. The predicted molar refractivity (Wildman–Crippen MR) is 75.8 cm³/mol.